The normalized spacial score (nSPS) is 17.2. The summed E-state index contributed by atoms with van der Waals surface area (Å²) in [4.78, 5) is 17.8. The lowest BCUT2D eigenvalue weighted by atomic mass is 9.95. The first-order chi connectivity index (χ1) is 17.1. The van der Waals surface area contributed by atoms with Crippen molar-refractivity contribution in [1.82, 2.24) is 15.1 Å². The molecule has 2 aliphatic rings. The number of hydrogen-bond acceptors (Lipinski definition) is 3. The van der Waals surface area contributed by atoms with Crippen LogP contribution >= 0.6 is 0 Å². The molecule has 4 heteroatoms. The zero-order chi connectivity index (χ0) is 24.0. The Morgan fingerprint density at radius 1 is 0.771 bits per heavy atom. The molecule has 5 rings (SSSR count). The van der Waals surface area contributed by atoms with Crippen molar-refractivity contribution in [3.8, 4) is 0 Å². The van der Waals surface area contributed by atoms with Crippen molar-refractivity contribution in [2.45, 2.75) is 52.4 Å². The van der Waals surface area contributed by atoms with Crippen molar-refractivity contribution in [1.29, 1.82) is 0 Å². The molecule has 3 aromatic rings. The fraction of sp³-hybridized carbons (Fsp3) is 0.387. The van der Waals surface area contributed by atoms with Gasteiger partial charge in [0, 0.05) is 38.6 Å². The Hall–Kier alpha value is -2.95. The number of nitrogens with zero attached hydrogens (tertiary/aromatic N) is 2. The van der Waals surface area contributed by atoms with E-state index in [-0.39, 0.29) is 11.8 Å². The summed E-state index contributed by atoms with van der Waals surface area (Å²) in [7, 11) is 0. The number of aryl methyl sites for hydroxylation is 1. The second-order valence-electron chi connectivity index (χ2n) is 10.3. The largest absolute Gasteiger partial charge is 0.352 e. The van der Waals surface area contributed by atoms with E-state index in [2.05, 4.69) is 94.8 Å². The fourth-order valence-corrected chi connectivity index (χ4v) is 5.35. The molecule has 0 unspecified atom stereocenters. The predicted octanol–water partition coefficient (Wildman–Crippen LogP) is 5.08. The molecule has 0 spiro atoms. The Labute approximate surface area is 210 Å². The molecule has 0 aromatic heterocycles. The van der Waals surface area contributed by atoms with Gasteiger partial charge in [0.15, 0.2) is 0 Å². The maximum absolute atomic E-state index is 12.8. The monoisotopic (exact) mass is 467 g/mol. The highest BCUT2D eigenvalue weighted by Gasteiger charge is 2.24. The fourth-order valence-electron chi connectivity index (χ4n) is 5.35. The molecule has 0 radical (unpaired) electrons. The number of fused-ring (bicyclic) bond motifs is 1. The summed E-state index contributed by atoms with van der Waals surface area (Å²) in [6.07, 6.45) is 3.01. The first kappa shape index (κ1) is 23.8. The van der Waals surface area contributed by atoms with Crippen LogP contribution in [0.5, 0.6) is 0 Å². The third-order valence-corrected chi connectivity index (χ3v) is 7.59. The van der Waals surface area contributed by atoms with Crippen molar-refractivity contribution in [3.63, 3.8) is 0 Å². The Bertz CT molecular complexity index is 1110. The lowest BCUT2D eigenvalue weighted by molar-refractivity contribution is -0.126. The number of piperidine rings is 1. The van der Waals surface area contributed by atoms with Crippen LogP contribution < -0.4 is 5.32 Å². The molecule has 1 N–H and O–H groups in total. The van der Waals surface area contributed by atoms with E-state index < -0.39 is 0 Å². The van der Waals surface area contributed by atoms with E-state index >= 15 is 0 Å². The molecule has 4 nitrogen and oxygen atoms in total. The van der Waals surface area contributed by atoms with Gasteiger partial charge < -0.3 is 5.32 Å². The summed E-state index contributed by atoms with van der Waals surface area (Å²) in [5.41, 5.74) is 8.10. The molecule has 0 bridgehead atoms. The van der Waals surface area contributed by atoms with Crippen molar-refractivity contribution < 1.29 is 4.79 Å². The maximum atomic E-state index is 12.8. The summed E-state index contributed by atoms with van der Waals surface area (Å²) in [5.74, 6) is 0.335. The van der Waals surface area contributed by atoms with Gasteiger partial charge in [-0.1, -0.05) is 78.4 Å². The Balaban J connectivity index is 1.04. The van der Waals surface area contributed by atoms with Crippen LogP contribution in [0.1, 0.15) is 46.2 Å². The van der Waals surface area contributed by atoms with Crippen LogP contribution in [0.4, 0.5) is 0 Å². The zero-order valence-electron chi connectivity index (χ0n) is 20.9. The van der Waals surface area contributed by atoms with E-state index in [1.807, 2.05) is 0 Å². The van der Waals surface area contributed by atoms with Crippen molar-refractivity contribution in [2.24, 2.45) is 5.92 Å². The van der Waals surface area contributed by atoms with Crippen molar-refractivity contribution in [2.75, 3.05) is 19.6 Å². The molecule has 1 fully saturated rings. The second-order valence-corrected chi connectivity index (χ2v) is 10.3. The standard InChI is InChI=1S/C31H37N3O/c1-24-6-8-26(9-7-24)21-33-17-15-29(16-18-33)31(35)32-20-25-10-12-27(13-11-25)22-34-19-14-28-4-2-3-5-30(28)23-34/h2-13,29H,14-23H2,1H3,(H,32,35). The Morgan fingerprint density at radius 3 is 2.09 bits per heavy atom. The lowest BCUT2D eigenvalue weighted by Gasteiger charge is -2.31. The number of carbonyl (C=O) groups is 1. The van der Waals surface area contributed by atoms with Gasteiger partial charge >= 0.3 is 0 Å². The number of benzene rings is 3. The lowest BCUT2D eigenvalue weighted by Crippen LogP contribution is -2.40. The van der Waals surface area contributed by atoms with Gasteiger partial charge in [-0.3, -0.25) is 14.6 Å². The third-order valence-electron chi connectivity index (χ3n) is 7.59. The second kappa shape index (κ2) is 11.2. The van der Waals surface area contributed by atoms with E-state index in [0.29, 0.717) is 6.54 Å². The van der Waals surface area contributed by atoms with Gasteiger partial charge in [0.05, 0.1) is 0 Å². The molecule has 1 amide bonds. The average Bonchev–Trinajstić information content (AvgIpc) is 2.90. The van der Waals surface area contributed by atoms with Gasteiger partial charge in [0.1, 0.15) is 0 Å². The van der Waals surface area contributed by atoms with Gasteiger partial charge in [0.25, 0.3) is 0 Å². The van der Waals surface area contributed by atoms with E-state index in [1.165, 1.54) is 33.4 Å². The van der Waals surface area contributed by atoms with Gasteiger partial charge in [-0.25, -0.2) is 0 Å². The van der Waals surface area contributed by atoms with Crippen LogP contribution in [-0.2, 0) is 37.4 Å². The minimum absolute atomic E-state index is 0.130. The van der Waals surface area contributed by atoms with Crippen molar-refractivity contribution >= 4 is 5.91 Å². The van der Waals surface area contributed by atoms with Crippen LogP contribution in [0.2, 0.25) is 0 Å². The molecular formula is C31H37N3O. The maximum Gasteiger partial charge on any atom is 0.223 e. The van der Waals surface area contributed by atoms with Gasteiger partial charge in [0.2, 0.25) is 5.91 Å². The number of amides is 1. The number of rotatable bonds is 7. The van der Waals surface area contributed by atoms with Gasteiger partial charge in [-0.05, 0) is 67.1 Å². The highest BCUT2D eigenvalue weighted by atomic mass is 16.1. The molecule has 2 aliphatic heterocycles. The smallest absolute Gasteiger partial charge is 0.223 e. The number of likely N-dealkylation sites (tertiary alicyclic amines) is 1. The average molecular weight is 468 g/mol. The number of carbonyl (C=O) groups excluding carboxylic acids is 1. The topological polar surface area (TPSA) is 35.6 Å². The summed E-state index contributed by atoms with van der Waals surface area (Å²) in [6, 6.07) is 26.3. The highest BCUT2D eigenvalue weighted by Crippen LogP contribution is 2.21. The van der Waals surface area contributed by atoms with E-state index in [0.717, 1.165) is 58.5 Å². The van der Waals surface area contributed by atoms with Crippen molar-refractivity contribution in [3.05, 3.63) is 106 Å². The van der Waals surface area contributed by atoms with Crippen LogP contribution in [0, 0.1) is 12.8 Å². The number of hydrogen-bond donors (Lipinski definition) is 1. The molecule has 35 heavy (non-hydrogen) atoms. The van der Waals surface area contributed by atoms with Crippen LogP contribution in [0.15, 0.2) is 72.8 Å². The van der Waals surface area contributed by atoms with Gasteiger partial charge in [-0.2, -0.15) is 0 Å². The minimum atomic E-state index is 0.130. The molecule has 3 aromatic carbocycles. The summed E-state index contributed by atoms with van der Waals surface area (Å²) < 4.78 is 0. The molecule has 0 atom stereocenters. The zero-order valence-corrected chi connectivity index (χ0v) is 20.9. The predicted molar refractivity (Wildman–Crippen MR) is 142 cm³/mol. The highest BCUT2D eigenvalue weighted by molar-refractivity contribution is 5.78. The van der Waals surface area contributed by atoms with E-state index in [4.69, 9.17) is 0 Å². The first-order valence-electron chi connectivity index (χ1n) is 13.0. The van der Waals surface area contributed by atoms with Gasteiger partial charge in [-0.15, -0.1) is 0 Å². The van der Waals surface area contributed by atoms with E-state index in [1.54, 1.807) is 0 Å². The van der Waals surface area contributed by atoms with Crippen LogP contribution in [-0.4, -0.2) is 35.3 Å². The third kappa shape index (κ3) is 6.39. The number of nitrogens with one attached hydrogen (secondary N) is 1. The minimum Gasteiger partial charge on any atom is -0.352 e. The molecular weight excluding hydrogens is 430 g/mol. The summed E-state index contributed by atoms with van der Waals surface area (Å²) in [6.45, 7) is 8.80. The molecule has 0 saturated carbocycles. The van der Waals surface area contributed by atoms with Crippen LogP contribution in [0.3, 0.4) is 0 Å². The Morgan fingerprint density at radius 2 is 1.37 bits per heavy atom. The molecule has 1 saturated heterocycles. The first-order valence-corrected chi connectivity index (χ1v) is 13.0. The molecule has 182 valence electrons. The quantitative estimate of drug-likeness (QED) is 0.526. The molecule has 0 aliphatic carbocycles. The molecule has 2 heterocycles. The summed E-state index contributed by atoms with van der Waals surface area (Å²) >= 11 is 0. The Kier molecular flexibility index (Phi) is 7.60. The SMILES string of the molecule is Cc1ccc(CN2CCC(C(=O)NCc3ccc(CN4CCc5ccccc5C4)cc3)CC2)cc1. The summed E-state index contributed by atoms with van der Waals surface area (Å²) in [5, 5.41) is 3.18. The van der Waals surface area contributed by atoms with E-state index in [9.17, 15) is 4.79 Å². The van der Waals surface area contributed by atoms with Crippen LogP contribution in [0.25, 0.3) is 0 Å².